The smallest absolute Gasteiger partial charge is 0.191 e. The van der Waals surface area contributed by atoms with Crippen LogP contribution in [0.4, 0.5) is 0 Å². The first kappa shape index (κ1) is 24.2. The van der Waals surface area contributed by atoms with Crippen molar-refractivity contribution in [3.63, 3.8) is 0 Å². The van der Waals surface area contributed by atoms with Crippen LogP contribution in [0.15, 0.2) is 23.2 Å². The number of aryl methyl sites for hydroxylation is 1. The van der Waals surface area contributed by atoms with Gasteiger partial charge in [0.05, 0.1) is 20.3 Å². The van der Waals surface area contributed by atoms with E-state index < -0.39 is 0 Å². The molecule has 0 radical (unpaired) electrons. The molecular weight excluding hydrogens is 499 g/mol. The number of aliphatic imine (C=N–C) groups is 1. The van der Waals surface area contributed by atoms with Crippen LogP contribution < -0.4 is 20.1 Å². The van der Waals surface area contributed by atoms with Crippen LogP contribution in [0.2, 0.25) is 0 Å². The summed E-state index contributed by atoms with van der Waals surface area (Å²) in [5.74, 6) is 3.98. The maximum Gasteiger partial charge on any atom is 0.191 e. The van der Waals surface area contributed by atoms with Crippen LogP contribution in [0, 0.1) is 0 Å². The molecule has 1 aromatic heterocycles. The van der Waals surface area contributed by atoms with E-state index in [2.05, 4.69) is 25.7 Å². The highest BCUT2D eigenvalue weighted by Crippen LogP contribution is 2.27. The van der Waals surface area contributed by atoms with Gasteiger partial charge in [0.2, 0.25) is 0 Å². The molecule has 1 unspecified atom stereocenters. The summed E-state index contributed by atoms with van der Waals surface area (Å²) in [5, 5.41) is 11.4. The van der Waals surface area contributed by atoms with Crippen molar-refractivity contribution in [2.45, 2.75) is 45.5 Å². The van der Waals surface area contributed by atoms with Gasteiger partial charge < -0.3 is 24.8 Å². The van der Waals surface area contributed by atoms with Crippen LogP contribution in [0.1, 0.15) is 30.6 Å². The molecular formula is C20H31IN6O3. The SMILES string of the molecule is CCOc1ccc(CNC(=NC)NC2CCc3nc(COC)nn3C2)cc1OC.I. The molecule has 0 fully saturated rings. The van der Waals surface area contributed by atoms with Gasteiger partial charge in [-0.3, -0.25) is 4.99 Å². The average molecular weight is 530 g/mol. The molecule has 1 aliphatic heterocycles. The number of nitrogens with zero attached hydrogens (tertiary/aromatic N) is 4. The molecule has 2 aromatic rings. The molecule has 0 saturated heterocycles. The number of fused-ring (bicyclic) bond motifs is 1. The third-order valence-electron chi connectivity index (χ3n) is 4.73. The third kappa shape index (κ3) is 6.21. The molecule has 1 aliphatic rings. The van der Waals surface area contributed by atoms with Crippen LogP contribution in [-0.2, 0) is 30.9 Å². The predicted octanol–water partition coefficient (Wildman–Crippen LogP) is 2.13. The van der Waals surface area contributed by atoms with Crippen molar-refractivity contribution in [3.05, 3.63) is 35.4 Å². The fourth-order valence-corrected chi connectivity index (χ4v) is 3.34. The number of aromatic nitrogens is 3. The lowest BCUT2D eigenvalue weighted by Gasteiger charge is -2.25. The van der Waals surface area contributed by atoms with Gasteiger partial charge in [-0.2, -0.15) is 5.10 Å². The molecule has 0 amide bonds. The zero-order valence-electron chi connectivity index (χ0n) is 18.0. The lowest BCUT2D eigenvalue weighted by molar-refractivity contribution is 0.177. The first-order chi connectivity index (χ1) is 14.2. The van der Waals surface area contributed by atoms with Gasteiger partial charge in [-0.05, 0) is 31.0 Å². The summed E-state index contributed by atoms with van der Waals surface area (Å²) in [6, 6.07) is 6.17. The number of nitrogens with one attached hydrogen (secondary N) is 2. The Hall–Kier alpha value is -2.08. The number of halogens is 1. The summed E-state index contributed by atoms with van der Waals surface area (Å²) in [6.45, 7) is 4.38. The van der Waals surface area contributed by atoms with Crippen LogP contribution >= 0.6 is 24.0 Å². The van der Waals surface area contributed by atoms with Crippen molar-refractivity contribution < 1.29 is 14.2 Å². The average Bonchev–Trinajstić information content (AvgIpc) is 3.14. The Morgan fingerprint density at radius 2 is 2.13 bits per heavy atom. The molecule has 10 heteroatoms. The molecule has 166 valence electrons. The van der Waals surface area contributed by atoms with E-state index in [4.69, 9.17) is 14.2 Å². The molecule has 30 heavy (non-hydrogen) atoms. The zero-order valence-corrected chi connectivity index (χ0v) is 20.3. The van der Waals surface area contributed by atoms with Gasteiger partial charge in [0, 0.05) is 33.2 Å². The highest BCUT2D eigenvalue weighted by atomic mass is 127. The Morgan fingerprint density at radius 1 is 1.30 bits per heavy atom. The van der Waals surface area contributed by atoms with E-state index in [-0.39, 0.29) is 30.0 Å². The number of guanidine groups is 1. The van der Waals surface area contributed by atoms with Gasteiger partial charge in [0.1, 0.15) is 12.4 Å². The van der Waals surface area contributed by atoms with Crippen LogP contribution in [-0.4, -0.2) is 54.6 Å². The van der Waals surface area contributed by atoms with E-state index >= 15 is 0 Å². The van der Waals surface area contributed by atoms with Crippen molar-refractivity contribution in [3.8, 4) is 11.5 Å². The van der Waals surface area contributed by atoms with Gasteiger partial charge in [-0.25, -0.2) is 9.67 Å². The molecule has 0 spiro atoms. The van der Waals surface area contributed by atoms with Gasteiger partial charge in [0.15, 0.2) is 23.3 Å². The zero-order chi connectivity index (χ0) is 20.6. The maximum atomic E-state index is 5.57. The quantitative estimate of drug-likeness (QED) is 0.307. The van der Waals surface area contributed by atoms with Crippen molar-refractivity contribution in [2.75, 3.05) is 27.9 Å². The third-order valence-corrected chi connectivity index (χ3v) is 4.73. The minimum Gasteiger partial charge on any atom is -0.493 e. The maximum absolute atomic E-state index is 5.57. The second kappa shape index (κ2) is 11.9. The van der Waals surface area contributed by atoms with E-state index in [1.54, 1.807) is 21.3 Å². The Labute approximate surface area is 194 Å². The van der Waals surface area contributed by atoms with Crippen molar-refractivity contribution >= 4 is 29.9 Å². The Bertz CT molecular complexity index is 842. The van der Waals surface area contributed by atoms with E-state index in [0.717, 1.165) is 54.1 Å². The van der Waals surface area contributed by atoms with Crippen LogP contribution in [0.5, 0.6) is 11.5 Å². The second-order valence-corrected chi connectivity index (χ2v) is 6.78. The normalized spacial score (nSPS) is 15.7. The minimum absolute atomic E-state index is 0. The Balaban J connectivity index is 0.00000320. The summed E-state index contributed by atoms with van der Waals surface area (Å²) >= 11 is 0. The largest absolute Gasteiger partial charge is 0.493 e. The molecule has 1 atom stereocenters. The lowest BCUT2D eigenvalue weighted by Crippen LogP contribution is -2.46. The van der Waals surface area contributed by atoms with Crippen molar-refractivity contribution in [2.24, 2.45) is 4.99 Å². The molecule has 2 N–H and O–H groups in total. The van der Waals surface area contributed by atoms with Gasteiger partial charge in [-0.1, -0.05) is 6.07 Å². The fraction of sp³-hybridized carbons (Fsp3) is 0.550. The summed E-state index contributed by atoms with van der Waals surface area (Å²) in [6.07, 6.45) is 1.85. The highest BCUT2D eigenvalue weighted by Gasteiger charge is 2.22. The second-order valence-electron chi connectivity index (χ2n) is 6.78. The van der Waals surface area contributed by atoms with E-state index in [1.807, 2.05) is 29.8 Å². The summed E-state index contributed by atoms with van der Waals surface area (Å²) in [7, 11) is 5.07. The first-order valence-electron chi connectivity index (χ1n) is 9.85. The number of ether oxygens (including phenoxy) is 3. The van der Waals surface area contributed by atoms with Crippen molar-refractivity contribution in [1.29, 1.82) is 0 Å². The predicted molar refractivity (Wildman–Crippen MR) is 126 cm³/mol. The van der Waals surface area contributed by atoms with E-state index in [0.29, 0.717) is 19.8 Å². The number of hydrogen-bond acceptors (Lipinski definition) is 6. The summed E-state index contributed by atoms with van der Waals surface area (Å²) < 4.78 is 18.1. The Kier molecular flexibility index (Phi) is 9.63. The monoisotopic (exact) mass is 530 g/mol. The van der Waals surface area contributed by atoms with Gasteiger partial charge >= 0.3 is 0 Å². The number of benzene rings is 1. The minimum atomic E-state index is 0. The van der Waals surface area contributed by atoms with Gasteiger partial charge in [0.25, 0.3) is 0 Å². The summed E-state index contributed by atoms with van der Waals surface area (Å²) in [4.78, 5) is 8.87. The van der Waals surface area contributed by atoms with E-state index in [1.165, 1.54) is 0 Å². The number of methoxy groups -OCH3 is 2. The number of rotatable bonds is 8. The molecule has 0 bridgehead atoms. The van der Waals surface area contributed by atoms with E-state index in [9.17, 15) is 0 Å². The number of hydrogen-bond donors (Lipinski definition) is 2. The topological polar surface area (TPSA) is 94.8 Å². The molecule has 3 rings (SSSR count). The highest BCUT2D eigenvalue weighted by molar-refractivity contribution is 14.0. The Morgan fingerprint density at radius 3 is 2.83 bits per heavy atom. The lowest BCUT2D eigenvalue weighted by atomic mass is 10.1. The molecule has 0 aliphatic carbocycles. The first-order valence-corrected chi connectivity index (χ1v) is 9.85. The molecule has 2 heterocycles. The molecule has 9 nitrogen and oxygen atoms in total. The molecule has 1 aromatic carbocycles. The molecule has 0 saturated carbocycles. The fourth-order valence-electron chi connectivity index (χ4n) is 3.34. The van der Waals surface area contributed by atoms with Crippen molar-refractivity contribution in [1.82, 2.24) is 25.4 Å². The standard InChI is InChI=1S/C20H30N6O3.HI/c1-5-29-16-8-6-14(10-17(16)28-4)11-22-20(21-2)23-15-7-9-19-24-18(13-27-3)25-26(19)12-15;/h6,8,10,15H,5,7,9,11-13H2,1-4H3,(H2,21,22,23);1H. The van der Waals surface area contributed by atoms with Crippen LogP contribution in [0.3, 0.4) is 0 Å². The summed E-state index contributed by atoms with van der Waals surface area (Å²) in [5.41, 5.74) is 1.08. The van der Waals surface area contributed by atoms with Gasteiger partial charge in [-0.15, -0.1) is 24.0 Å². The van der Waals surface area contributed by atoms with Crippen LogP contribution in [0.25, 0.3) is 0 Å².